The van der Waals surface area contributed by atoms with Crippen molar-refractivity contribution in [2.75, 3.05) is 11.5 Å². The van der Waals surface area contributed by atoms with Gasteiger partial charge in [-0.3, -0.25) is 4.79 Å². The van der Waals surface area contributed by atoms with Crippen molar-refractivity contribution >= 4 is 15.8 Å². The Bertz CT molecular complexity index is 587. The highest BCUT2D eigenvalue weighted by molar-refractivity contribution is 7.92. The van der Waals surface area contributed by atoms with E-state index in [0.717, 1.165) is 5.56 Å². The molecule has 0 spiro atoms. The van der Waals surface area contributed by atoms with E-state index in [1.807, 2.05) is 0 Å². The van der Waals surface area contributed by atoms with Crippen molar-refractivity contribution in [1.82, 2.24) is 0 Å². The van der Waals surface area contributed by atoms with E-state index in [0.29, 0.717) is 12.2 Å². The third kappa shape index (κ3) is 3.94. The normalized spacial score (nSPS) is 19.1. The van der Waals surface area contributed by atoms with Crippen molar-refractivity contribution in [2.24, 2.45) is 5.73 Å². The molecule has 2 rings (SSSR count). The van der Waals surface area contributed by atoms with Crippen LogP contribution in [0, 0.1) is 0 Å². The van der Waals surface area contributed by atoms with Gasteiger partial charge in [-0.1, -0.05) is 12.1 Å². The molecular weight excluding hydrogens is 282 g/mol. The van der Waals surface area contributed by atoms with Crippen molar-refractivity contribution in [3.05, 3.63) is 29.8 Å². The minimum Gasteiger partial charge on any atom is -0.488 e. The first-order valence-corrected chi connectivity index (χ1v) is 8.12. The summed E-state index contributed by atoms with van der Waals surface area (Å²) in [4.78, 5) is 10.5. The second-order valence-corrected chi connectivity index (χ2v) is 7.08. The summed E-state index contributed by atoms with van der Waals surface area (Å²) in [5.74, 6) is -0.231. The van der Waals surface area contributed by atoms with E-state index < -0.39 is 15.8 Å². The van der Waals surface area contributed by atoms with E-state index >= 15 is 0 Å². The number of carbonyl (C=O) groups is 1. The quantitative estimate of drug-likeness (QED) is 0.802. The molecular formula is C13H17NO5S. The first-order chi connectivity index (χ1) is 9.35. The van der Waals surface area contributed by atoms with Crippen LogP contribution in [0.3, 0.4) is 0 Å². The minimum absolute atomic E-state index is 0.00706. The van der Waals surface area contributed by atoms with Gasteiger partial charge in [-0.05, 0) is 24.1 Å². The maximum Gasteiger partial charge on any atom is 0.303 e. The summed E-state index contributed by atoms with van der Waals surface area (Å²) in [6, 6.07) is 6.66. The van der Waals surface area contributed by atoms with Gasteiger partial charge in [-0.15, -0.1) is 0 Å². The van der Waals surface area contributed by atoms with Gasteiger partial charge in [-0.25, -0.2) is 8.42 Å². The number of carboxylic acids is 1. The molecule has 0 radical (unpaired) electrons. The lowest BCUT2D eigenvalue weighted by atomic mass is 10.0. The smallest absolute Gasteiger partial charge is 0.303 e. The summed E-state index contributed by atoms with van der Waals surface area (Å²) in [5, 5.41) is 8.63. The Morgan fingerprint density at radius 1 is 1.45 bits per heavy atom. The van der Waals surface area contributed by atoms with Gasteiger partial charge in [0.15, 0.2) is 9.84 Å². The Balaban J connectivity index is 1.95. The van der Waals surface area contributed by atoms with Crippen molar-refractivity contribution < 1.29 is 23.1 Å². The molecule has 1 atom stereocenters. The molecule has 1 aromatic carbocycles. The summed E-state index contributed by atoms with van der Waals surface area (Å²) in [5.41, 5.74) is 6.70. The standard InChI is InChI=1S/C13H17NO5S/c14-12(4-5-13(15)16)9-2-1-3-10(6-9)19-11-7-20(17,18)8-11/h1-3,6,11-12H,4-5,7-8,14H2,(H,15,16). The van der Waals surface area contributed by atoms with Crippen LogP contribution in [0.4, 0.5) is 0 Å². The third-order valence-electron chi connectivity index (χ3n) is 3.14. The fraction of sp³-hybridized carbons (Fsp3) is 0.462. The number of benzene rings is 1. The number of sulfone groups is 1. The highest BCUT2D eigenvalue weighted by Crippen LogP contribution is 2.24. The van der Waals surface area contributed by atoms with E-state index in [4.69, 9.17) is 15.6 Å². The summed E-state index contributed by atoms with van der Waals surface area (Å²) in [6.07, 6.45) is 0.0504. The lowest BCUT2D eigenvalue weighted by Gasteiger charge is -2.26. The predicted octanol–water partition coefficient (Wildman–Crippen LogP) is 0.727. The zero-order chi connectivity index (χ0) is 14.8. The first-order valence-electron chi connectivity index (χ1n) is 6.30. The molecule has 7 heteroatoms. The fourth-order valence-electron chi connectivity index (χ4n) is 2.04. The van der Waals surface area contributed by atoms with Crippen molar-refractivity contribution in [3.63, 3.8) is 0 Å². The molecule has 1 heterocycles. The molecule has 1 unspecified atom stereocenters. The van der Waals surface area contributed by atoms with Crippen molar-refractivity contribution in [2.45, 2.75) is 25.0 Å². The number of hydrogen-bond donors (Lipinski definition) is 2. The number of ether oxygens (including phenoxy) is 1. The van der Waals surface area contributed by atoms with Crippen molar-refractivity contribution in [3.8, 4) is 5.75 Å². The fourth-order valence-corrected chi connectivity index (χ4v) is 3.21. The highest BCUT2D eigenvalue weighted by atomic mass is 32.2. The summed E-state index contributed by atoms with van der Waals surface area (Å²) >= 11 is 0. The Hall–Kier alpha value is -1.60. The number of nitrogens with two attached hydrogens (primary N) is 1. The summed E-state index contributed by atoms with van der Waals surface area (Å²) in [6.45, 7) is 0. The second kappa shape index (κ2) is 5.80. The Morgan fingerprint density at radius 3 is 2.75 bits per heavy atom. The van der Waals surface area contributed by atoms with E-state index in [2.05, 4.69) is 0 Å². The average molecular weight is 299 g/mol. The maximum atomic E-state index is 11.1. The zero-order valence-corrected chi connectivity index (χ0v) is 11.7. The van der Waals surface area contributed by atoms with Crippen LogP contribution in [0.15, 0.2) is 24.3 Å². The molecule has 1 aliphatic heterocycles. The van der Waals surface area contributed by atoms with E-state index in [1.165, 1.54) is 0 Å². The largest absolute Gasteiger partial charge is 0.488 e. The monoisotopic (exact) mass is 299 g/mol. The lowest BCUT2D eigenvalue weighted by molar-refractivity contribution is -0.137. The molecule has 20 heavy (non-hydrogen) atoms. The zero-order valence-electron chi connectivity index (χ0n) is 10.9. The van der Waals surface area contributed by atoms with Gasteiger partial charge in [0.25, 0.3) is 0 Å². The van der Waals surface area contributed by atoms with E-state index in [1.54, 1.807) is 24.3 Å². The van der Waals surface area contributed by atoms with E-state index in [9.17, 15) is 13.2 Å². The van der Waals surface area contributed by atoms with Crippen LogP contribution >= 0.6 is 0 Å². The Kier molecular flexibility index (Phi) is 4.29. The Labute approximate surface area is 117 Å². The molecule has 3 N–H and O–H groups in total. The molecule has 6 nitrogen and oxygen atoms in total. The third-order valence-corrected chi connectivity index (χ3v) is 4.90. The molecule has 0 saturated carbocycles. The van der Waals surface area contributed by atoms with Crippen LogP contribution in [0.5, 0.6) is 5.75 Å². The molecule has 1 aliphatic rings. The molecule has 0 aliphatic carbocycles. The van der Waals surface area contributed by atoms with Crippen molar-refractivity contribution in [1.29, 1.82) is 0 Å². The molecule has 0 bridgehead atoms. The Morgan fingerprint density at radius 2 is 2.15 bits per heavy atom. The highest BCUT2D eigenvalue weighted by Gasteiger charge is 2.35. The number of aliphatic carboxylic acids is 1. The molecule has 0 aromatic heterocycles. The van der Waals surface area contributed by atoms with Gasteiger partial charge in [0, 0.05) is 12.5 Å². The number of rotatable bonds is 6. The number of carboxylic acid groups (broad SMARTS) is 1. The van der Waals surface area contributed by atoms with Gasteiger partial charge >= 0.3 is 5.97 Å². The molecule has 1 fully saturated rings. The maximum absolute atomic E-state index is 11.1. The topological polar surface area (TPSA) is 107 Å². The molecule has 0 amide bonds. The van der Waals surface area contributed by atoms with Gasteiger partial charge in [-0.2, -0.15) is 0 Å². The van der Waals surface area contributed by atoms with Gasteiger partial charge in [0.2, 0.25) is 0 Å². The SMILES string of the molecule is NC(CCC(=O)O)c1cccc(OC2CS(=O)(=O)C2)c1. The first kappa shape index (κ1) is 14.8. The number of hydrogen-bond acceptors (Lipinski definition) is 5. The van der Waals surface area contributed by atoms with Crippen LogP contribution in [0.2, 0.25) is 0 Å². The van der Waals surface area contributed by atoms with Crippen LogP contribution in [-0.4, -0.2) is 37.1 Å². The van der Waals surface area contributed by atoms with Crippen LogP contribution in [0.25, 0.3) is 0 Å². The van der Waals surface area contributed by atoms with Crippen LogP contribution in [-0.2, 0) is 14.6 Å². The molecule has 1 aromatic rings. The second-order valence-electron chi connectivity index (χ2n) is 4.93. The lowest BCUT2D eigenvalue weighted by Crippen LogP contribution is -2.45. The van der Waals surface area contributed by atoms with E-state index in [-0.39, 0.29) is 30.1 Å². The molecule has 110 valence electrons. The summed E-state index contributed by atoms with van der Waals surface area (Å²) in [7, 11) is -2.91. The summed E-state index contributed by atoms with van der Waals surface area (Å²) < 4.78 is 27.7. The van der Waals surface area contributed by atoms with Gasteiger partial charge < -0.3 is 15.6 Å². The van der Waals surface area contributed by atoms with Crippen LogP contribution in [0.1, 0.15) is 24.4 Å². The van der Waals surface area contributed by atoms with Gasteiger partial charge in [0.1, 0.15) is 11.9 Å². The molecule has 1 saturated heterocycles. The minimum atomic E-state index is -2.91. The van der Waals surface area contributed by atoms with Crippen LogP contribution < -0.4 is 10.5 Å². The average Bonchev–Trinajstić information content (AvgIpc) is 2.34. The van der Waals surface area contributed by atoms with Gasteiger partial charge in [0.05, 0.1) is 11.5 Å². The predicted molar refractivity (Wildman–Crippen MR) is 73.3 cm³/mol.